The van der Waals surface area contributed by atoms with Gasteiger partial charge in [-0.05, 0) is 31.5 Å². The zero-order chi connectivity index (χ0) is 19.2. The van der Waals surface area contributed by atoms with Crippen LogP contribution in [0.2, 0.25) is 5.02 Å². The molecule has 1 N–H and O–H groups in total. The van der Waals surface area contributed by atoms with Gasteiger partial charge in [-0.2, -0.15) is 4.98 Å². The van der Waals surface area contributed by atoms with Crippen LogP contribution in [0.3, 0.4) is 0 Å². The monoisotopic (exact) mass is 401 g/mol. The fraction of sp³-hybridized carbons (Fsp3) is 0.250. The van der Waals surface area contributed by atoms with Gasteiger partial charge in [0.15, 0.2) is 5.82 Å². The first-order chi connectivity index (χ1) is 13.0. The lowest BCUT2D eigenvalue weighted by molar-refractivity contribution is -0.121. The highest BCUT2D eigenvalue weighted by Gasteiger charge is 2.21. The van der Waals surface area contributed by atoms with Crippen LogP contribution in [0, 0.1) is 0 Å². The molecule has 3 aromatic rings. The highest BCUT2D eigenvalue weighted by Crippen LogP contribution is 2.30. The number of amides is 1. The van der Waals surface area contributed by atoms with E-state index in [1.54, 1.807) is 0 Å². The van der Waals surface area contributed by atoms with Gasteiger partial charge in [-0.15, -0.1) is 11.8 Å². The van der Waals surface area contributed by atoms with Gasteiger partial charge >= 0.3 is 0 Å². The molecule has 0 aliphatic rings. The Morgan fingerprint density at radius 3 is 2.59 bits per heavy atom. The summed E-state index contributed by atoms with van der Waals surface area (Å²) in [5, 5.41) is 7.25. The van der Waals surface area contributed by atoms with Gasteiger partial charge in [0.1, 0.15) is 6.04 Å². The smallest absolute Gasteiger partial charge is 0.248 e. The predicted octanol–water partition coefficient (Wildman–Crippen LogP) is 4.67. The lowest BCUT2D eigenvalue weighted by atomic mass is 10.1. The molecule has 2 atom stereocenters. The average Bonchev–Trinajstić information content (AvgIpc) is 3.13. The van der Waals surface area contributed by atoms with Crippen molar-refractivity contribution in [2.24, 2.45) is 0 Å². The van der Waals surface area contributed by atoms with Gasteiger partial charge in [0.25, 0.3) is 0 Å². The molecule has 7 heteroatoms. The topological polar surface area (TPSA) is 68.0 Å². The minimum absolute atomic E-state index is 0.116. The van der Waals surface area contributed by atoms with Gasteiger partial charge in [0, 0.05) is 11.3 Å². The fourth-order valence-electron chi connectivity index (χ4n) is 2.47. The van der Waals surface area contributed by atoms with Crippen LogP contribution in [-0.2, 0) is 11.2 Å². The van der Waals surface area contributed by atoms with Crippen LogP contribution in [0.5, 0.6) is 0 Å². The van der Waals surface area contributed by atoms with E-state index in [-0.39, 0.29) is 17.2 Å². The van der Waals surface area contributed by atoms with Crippen LogP contribution in [0.4, 0.5) is 0 Å². The third-order valence-electron chi connectivity index (χ3n) is 3.93. The summed E-state index contributed by atoms with van der Waals surface area (Å²) in [6.07, 6.45) is 0.587. The summed E-state index contributed by atoms with van der Waals surface area (Å²) >= 11 is 7.57. The van der Waals surface area contributed by atoms with E-state index in [0.717, 1.165) is 10.5 Å². The quantitative estimate of drug-likeness (QED) is 0.582. The van der Waals surface area contributed by atoms with Crippen LogP contribution in [0.25, 0.3) is 0 Å². The Labute approximate surface area is 167 Å². The number of hydrogen-bond acceptors (Lipinski definition) is 5. The number of thioether (sulfide) groups is 1. The number of nitrogens with zero attached hydrogens (tertiary/aromatic N) is 2. The molecular weight excluding hydrogens is 382 g/mol. The number of nitrogens with one attached hydrogen (secondary N) is 1. The molecule has 0 aliphatic heterocycles. The number of carbonyl (C=O) groups is 1. The molecule has 2 aromatic carbocycles. The average molecular weight is 402 g/mol. The molecule has 1 aromatic heterocycles. The minimum Gasteiger partial charge on any atom is -0.344 e. The molecule has 0 saturated carbocycles. The van der Waals surface area contributed by atoms with Crippen molar-refractivity contribution in [2.45, 2.75) is 36.5 Å². The summed E-state index contributed by atoms with van der Waals surface area (Å²) in [5.41, 5.74) is 1.10. The Morgan fingerprint density at radius 1 is 1.15 bits per heavy atom. The number of rotatable bonds is 7. The second kappa shape index (κ2) is 9.06. The van der Waals surface area contributed by atoms with Crippen molar-refractivity contribution in [3.8, 4) is 0 Å². The van der Waals surface area contributed by atoms with Crippen molar-refractivity contribution in [2.75, 3.05) is 0 Å². The maximum Gasteiger partial charge on any atom is 0.248 e. The Kier molecular flexibility index (Phi) is 6.53. The highest BCUT2D eigenvalue weighted by atomic mass is 35.5. The molecule has 1 heterocycles. The summed E-state index contributed by atoms with van der Waals surface area (Å²) in [5.74, 6) is 0.871. The maximum atomic E-state index is 12.5. The van der Waals surface area contributed by atoms with E-state index in [1.165, 1.54) is 11.8 Å². The molecular formula is C20H20ClN3O2S. The van der Waals surface area contributed by atoms with E-state index in [2.05, 4.69) is 15.5 Å². The van der Waals surface area contributed by atoms with Gasteiger partial charge in [-0.3, -0.25) is 4.79 Å². The first kappa shape index (κ1) is 19.5. The fourth-order valence-corrected chi connectivity index (χ4v) is 3.63. The highest BCUT2D eigenvalue weighted by molar-refractivity contribution is 8.00. The number of halogens is 1. The lowest BCUT2D eigenvalue weighted by Gasteiger charge is -2.15. The standard InChI is InChI=1S/C20H20ClN3O2S/c1-13(20-23-18(24-26-20)12-15-8-4-3-5-9-15)22-19(25)14(2)27-17-11-7-6-10-16(17)21/h3-11,13-14H,12H2,1-2H3,(H,22,25)/t13-,14-/m1/s1. The SMILES string of the molecule is C[C@@H](Sc1ccccc1Cl)C(=O)N[C@H](C)c1nc(Cc2ccccc2)no1. The summed E-state index contributed by atoms with van der Waals surface area (Å²) in [6.45, 7) is 3.66. The Balaban J connectivity index is 1.57. The van der Waals surface area contributed by atoms with Crippen molar-refractivity contribution >= 4 is 29.3 Å². The first-order valence-electron chi connectivity index (χ1n) is 8.61. The third kappa shape index (κ3) is 5.34. The van der Waals surface area contributed by atoms with E-state index in [1.807, 2.05) is 68.4 Å². The number of benzene rings is 2. The molecule has 5 nitrogen and oxygen atoms in total. The van der Waals surface area contributed by atoms with Crippen LogP contribution in [0.1, 0.15) is 37.2 Å². The van der Waals surface area contributed by atoms with Crippen LogP contribution in [-0.4, -0.2) is 21.3 Å². The first-order valence-corrected chi connectivity index (χ1v) is 9.86. The minimum atomic E-state index is -0.371. The summed E-state index contributed by atoms with van der Waals surface area (Å²) in [7, 11) is 0. The van der Waals surface area contributed by atoms with Crippen LogP contribution >= 0.6 is 23.4 Å². The second-order valence-electron chi connectivity index (χ2n) is 6.13. The van der Waals surface area contributed by atoms with Gasteiger partial charge in [-0.25, -0.2) is 0 Å². The van der Waals surface area contributed by atoms with Crippen molar-refractivity contribution in [1.82, 2.24) is 15.5 Å². The molecule has 0 spiro atoms. The van der Waals surface area contributed by atoms with Gasteiger partial charge in [0.2, 0.25) is 11.8 Å². The Hall–Kier alpha value is -2.31. The molecule has 0 fully saturated rings. The molecule has 140 valence electrons. The van der Waals surface area contributed by atoms with Gasteiger partial charge in [0.05, 0.1) is 10.3 Å². The van der Waals surface area contributed by atoms with Gasteiger partial charge < -0.3 is 9.84 Å². The molecule has 0 unspecified atom stereocenters. The van der Waals surface area contributed by atoms with Gasteiger partial charge in [-0.1, -0.05) is 59.2 Å². The van der Waals surface area contributed by atoms with E-state index in [0.29, 0.717) is 23.2 Å². The summed E-state index contributed by atoms with van der Waals surface area (Å²) < 4.78 is 5.31. The molecule has 0 aliphatic carbocycles. The molecule has 3 rings (SSSR count). The van der Waals surface area contributed by atoms with E-state index >= 15 is 0 Å². The second-order valence-corrected chi connectivity index (χ2v) is 7.92. The van der Waals surface area contributed by atoms with Crippen LogP contribution in [0.15, 0.2) is 64.0 Å². The zero-order valence-corrected chi connectivity index (χ0v) is 16.6. The molecule has 1 amide bonds. The number of hydrogen-bond donors (Lipinski definition) is 1. The number of carbonyl (C=O) groups excluding carboxylic acids is 1. The van der Waals surface area contributed by atoms with Crippen molar-refractivity contribution < 1.29 is 9.32 Å². The molecule has 0 radical (unpaired) electrons. The lowest BCUT2D eigenvalue weighted by Crippen LogP contribution is -2.33. The van der Waals surface area contributed by atoms with Crippen LogP contribution < -0.4 is 5.32 Å². The summed E-state index contributed by atoms with van der Waals surface area (Å²) in [6, 6.07) is 17.0. The largest absolute Gasteiger partial charge is 0.344 e. The van der Waals surface area contributed by atoms with Crippen molar-refractivity contribution in [3.63, 3.8) is 0 Å². The number of aromatic nitrogens is 2. The molecule has 0 bridgehead atoms. The van der Waals surface area contributed by atoms with E-state index < -0.39 is 0 Å². The molecule has 0 saturated heterocycles. The summed E-state index contributed by atoms with van der Waals surface area (Å²) in [4.78, 5) is 17.7. The Bertz CT molecular complexity index is 901. The maximum absolute atomic E-state index is 12.5. The predicted molar refractivity (Wildman–Crippen MR) is 107 cm³/mol. The van der Waals surface area contributed by atoms with Crippen molar-refractivity contribution in [3.05, 3.63) is 76.9 Å². The third-order valence-corrected chi connectivity index (χ3v) is 5.55. The zero-order valence-electron chi connectivity index (χ0n) is 15.1. The molecule has 27 heavy (non-hydrogen) atoms. The van der Waals surface area contributed by atoms with Crippen molar-refractivity contribution in [1.29, 1.82) is 0 Å². The Morgan fingerprint density at radius 2 is 1.85 bits per heavy atom. The van der Waals surface area contributed by atoms with E-state index in [4.69, 9.17) is 16.1 Å². The normalized spacial score (nSPS) is 13.1. The van der Waals surface area contributed by atoms with E-state index in [9.17, 15) is 4.79 Å².